The number of phenols is 1. The van der Waals surface area contributed by atoms with Crippen molar-refractivity contribution in [3.63, 3.8) is 0 Å². The highest BCUT2D eigenvalue weighted by atomic mass is 16.6. The van der Waals surface area contributed by atoms with E-state index in [4.69, 9.17) is 14.2 Å². The number of carbonyl (C=O) groups excluding carboxylic acids is 1. The van der Waals surface area contributed by atoms with Crippen LogP contribution in [0.2, 0.25) is 0 Å². The molecule has 3 heterocycles. The summed E-state index contributed by atoms with van der Waals surface area (Å²) in [5.74, 6) is 0.828. The van der Waals surface area contributed by atoms with Crippen molar-refractivity contribution >= 4 is 5.97 Å². The molecule has 0 aromatic heterocycles. The summed E-state index contributed by atoms with van der Waals surface area (Å²) in [6.45, 7) is 0.280. The van der Waals surface area contributed by atoms with Crippen LogP contribution in [0.1, 0.15) is 23.7 Å². The highest BCUT2D eigenvalue weighted by molar-refractivity contribution is 5.69. The number of hydrogen-bond donors (Lipinski definition) is 1. The molecule has 5 heteroatoms. The van der Waals surface area contributed by atoms with Crippen LogP contribution in [0.5, 0.6) is 17.2 Å². The molecule has 0 aliphatic carbocycles. The average Bonchev–Trinajstić information content (AvgIpc) is 3.33. The summed E-state index contributed by atoms with van der Waals surface area (Å²) >= 11 is 0. The number of carbonyl (C=O) groups is 1. The molecule has 5 nitrogen and oxygen atoms in total. The van der Waals surface area contributed by atoms with Gasteiger partial charge in [-0.05, 0) is 41.8 Å². The third-order valence-corrected chi connectivity index (χ3v) is 4.07. The summed E-state index contributed by atoms with van der Waals surface area (Å²) in [5.41, 5.74) is 1.92. The van der Waals surface area contributed by atoms with Gasteiger partial charge in [-0.1, -0.05) is 18.2 Å². The maximum Gasteiger partial charge on any atom is 0.306 e. The molecule has 2 atom stereocenters. The largest absolute Gasteiger partial charge is 0.504 e. The van der Waals surface area contributed by atoms with Gasteiger partial charge in [0.2, 0.25) is 0 Å². The van der Waals surface area contributed by atoms with Crippen LogP contribution < -0.4 is 4.74 Å². The second kappa shape index (κ2) is 5.59. The Labute approximate surface area is 133 Å². The molecule has 23 heavy (non-hydrogen) atoms. The van der Waals surface area contributed by atoms with E-state index in [9.17, 15) is 9.90 Å². The number of rotatable bonds is 0. The molecule has 0 spiro atoms. The molecule has 4 bridgehead atoms. The highest BCUT2D eigenvalue weighted by Gasteiger charge is 2.41. The number of esters is 1. The number of benzene rings is 2. The van der Waals surface area contributed by atoms with Gasteiger partial charge < -0.3 is 19.3 Å². The fourth-order valence-electron chi connectivity index (χ4n) is 2.70. The van der Waals surface area contributed by atoms with Crippen molar-refractivity contribution in [2.75, 3.05) is 6.61 Å². The van der Waals surface area contributed by atoms with Crippen molar-refractivity contribution in [1.29, 1.82) is 0 Å². The van der Waals surface area contributed by atoms with Crippen molar-refractivity contribution in [3.05, 3.63) is 53.6 Å². The van der Waals surface area contributed by atoms with Crippen molar-refractivity contribution in [2.24, 2.45) is 0 Å². The lowest BCUT2D eigenvalue weighted by molar-refractivity contribution is -0.144. The van der Waals surface area contributed by atoms with Gasteiger partial charge in [0.05, 0.1) is 0 Å². The zero-order valence-electron chi connectivity index (χ0n) is 12.4. The minimum Gasteiger partial charge on any atom is -0.504 e. The van der Waals surface area contributed by atoms with Gasteiger partial charge >= 0.3 is 5.97 Å². The lowest BCUT2D eigenvalue weighted by Gasteiger charge is -2.10. The summed E-state index contributed by atoms with van der Waals surface area (Å²) in [5, 5.41) is 9.94. The molecular weight excluding hydrogens is 296 g/mol. The number of aryl methyl sites for hydroxylation is 1. The van der Waals surface area contributed by atoms with Crippen molar-refractivity contribution in [3.8, 4) is 17.2 Å². The number of epoxide rings is 1. The number of fused-ring (bicyclic) bond motifs is 6. The number of ether oxygens (including phenoxy) is 3. The van der Waals surface area contributed by atoms with E-state index in [0.29, 0.717) is 17.9 Å². The van der Waals surface area contributed by atoms with Gasteiger partial charge in [0.25, 0.3) is 0 Å². The summed E-state index contributed by atoms with van der Waals surface area (Å²) in [6.07, 6.45) is 0.714. The van der Waals surface area contributed by atoms with E-state index in [2.05, 4.69) is 0 Å². The van der Waals surface area contributed by atoms with Crippen molar-refractivity contribution < 1.29 is 24.1 Å². The molecule has 1 fully saturated rings. The molecule has 0 radical (unpaired) electrons. The van der Waals surface area contributed by atoms with Crippen LogP contribution in [0, 0.1) is 0 Å². The molecule has 0 amide bonds. The quantitative estimate of drug-likeness (QED) is 0.598. The Kier molecular flexibility index (Phi) is 3.42. The SMILES string of the molecule is O=C1CCc2ccc(O)c(c2)Oc2ccc(cc2)[C@H]2O[C@H]2CO1. The Morgan fingerprint density at radius 1 is 1.04 bits per heavy atom. The Balaban J connectivity index is 1.66. The molecule has 1 N–H and O–H groups in total. The molecule has 1 saturated heterocycles. The van der Waals surface area contributed by atoms with Crippen molar-refractivity contribution in [1.82, 2.24) is 0 Å². The minimum absolute atomic E-state index is 0.0311. The molecule has 3 aliphatic rings. The first-order valence-electron chi connectivity index (χ1n) is 7.60. The third-order valence-electron chi connectivity index (χ3n) is 4.07. The second-order valence-electron chi connectivity index (χ2n) is 5.75. The maximum absolute atomic E-state index is 11.8. The number of hydrogen-bond acceptors (Lipinski definition) is 5. The topological polar surface area (TPSA) is 68.3 Å². The zero-order valence-corrected chi connectivity index (χ0v) is 12.4. The van der Waals surface area contributed by atoms with Gasteiger partial charge in [0, 0.05) is 6.42 Å². The van der Waals surface area contributed by atoms with Crippen LogP contribution in [0.4, 0.5) is 0 Å². The van der Waals surface area contributed by atoms with Crippen LogP contribution in [-0.2, 0) is 20.7 Å². The first-order chi connectivity index (χ1) is 11.2. The minimum atomic E-state index is -0.251. The smallest absolute Gasteiger partial charge is 0.306 e. The van der Waals surface area contributed by atoms with E-state index in [1.54, 1.807) is 18.2 Å². The first kappa shape index (κ1) is 14.1. The molecular formula is C18H16O5. The fraction of sp³-hybridized carbons (Fsp3) is 0.278. The Bertz CT molecular complexity index is 738. The van der Waals surface area contributed by atoms with Gasteiger partial charge in [-0.25, -0.2) is 0 Å². The predicted octanol–water partition coefficient (Wildman–Crippen LogP) is 3.11. The lowest BCUT2D eigenvalue weighted by atomic mass is 10.1. The molecule has 0 unspecified atom stereocenters. The average molecular weight is 312 g/mol. The van der Waals surface area contributed by atoms with Gasteiger partial charge in [0.1, 0.15) is 24.6 Å². The monoisotopic (exact) mass is 312 g/mol. The summed E-state index contributed by atoms with van der Waals surface area (Å²) in [6, 6.07) is 12.6. The summed E-state index contributed by atoms with van der Waals surface area (Å²) in [7, 11) is 0. The number of aromatic hydroxyl groups is 1. The van der Waals surface area contributed by atoms with Crippen molar-refractivity contribution in [2.45, 2.75) is 25.0 Å². The summed E-state index contributed by atoms with van der Waals surface area (Å²) < 4.78 is 16.6. The maximum atomic E-state index is 11.8. The van der Waals surface area contributed by atoms with E-state index >= 15 is 0 Å². The highest BCUT2D eigenvalue weighted by Crippen LogP contribution is 2.40. The zero-order chi connectivity index (χ0) is 15.8. The van der Waals surface area contributed by atoms with Gasteiger partial charge in [-0.15, -0.1) is 0 Å². The number of phenolic OH excluding ortho intramolecular Hbond substituents is 1. The fourth-order valence-corrected chi connectivity index (χ4v) is 2.70. The van der Waals surface area contributed by atoms with Crippen LogP contribution in [0.25, 0.3) is 0 Å². The Morgan fingerprint density at radius 3 is 2.70 bits per heavy atom. The molecule has 3 aliphatic heterocycles. The van der Waals surface area contributed by atoms with E-state index < -0.39 is 0 Å². The molecule has 118 valence electrons. The van der Waals surface area contributed by atoms with Gasteiger partial charge in [-0.3, -0.25) is 4.79 Å². The first-order valence-corrected chi connectivity index (χ1v) is 7.60. The van der Waals surface area contributed by atoms with Crippen LogP contribution >= 0.6 is 0 Å². The summed E-state index contributed by atoms with van der Waals surface area (Å²) in [4.78, 5) is 11.8. The van der Waals surface area contributed by atoms with Gasteiger partial charge in [0.15, 0.2) is 11.5 Å². The van der Waals surface area contributed by atoms with Crippen LogP contribution in [0.15, 0.2) is 42.5 Å². The van der Waals surface area contributed by atoms with Crippen LogP contribution in [0.3, 0.4) is 0 Å². The molecule has 5 rings (SSSR count). The molecule has 0 saturated carbocycles. The normalized spacial score (nSPS) is 23.0. The van der Waals surface area contributed by atoms with E-state index in [1.165, 1.54) is 0 Å². The van der Waals surface area contributed by atoms with E-state index in [-0.39, 0.29) is 37.0 Å². The Hall–Kier alpha value is -2.53. The van der Waals surface area contributed by atoms with Crippen LogP contribution in [-0.4, -0.2) is 23.8 Å². The third kappa shape index (κ3) is 3.00. The Morgan fingerprint density at radius 2 is 1.87 bits per heavy atom. The predicted molar refractivity (Wildman–Crippen MR) is 81.5 cm³/mol. The van der Waals surface area contributed by atoms with Gasteiger partial charge in [-0.2, -0.15) is 0 Å². The van der Waals surface area contributed by atoms with E-state index in [0.717, 1.165) is 11.1 Å². The lowest BCUT2D eigenvalue weighted by Crippen LogP contribution is -2.11. The van der Waals surface area contributed by atoms with E-state index in [1.807, 2.05) is 24.3 Å². The second-order valence-corrected chi connectivity index (χ2v) is 5.75. The standard InChI is InChI=1S/C18H16O5/c19-14-7-1-11-2-8-17(20)21-10-16-18(23-16)12-3-5-13(6-4-12)22-15(14)9-11/h1,3-7,9,16,18-19H,2,8,10H2/t16-,18+/m0/s1. The molecule has 2 aromatic carbocycles. The molecule has 2 aromatic rings.